The van der Waals surface area contributed by atoms with Crippen molar-refractivity contribution in [2.24, 2.45) is 0 Å². The van der Waals surface area contributed by atoms with Crippen LogP contribution in [0.4, 0.5) is 0 Å². The first-order valence-corrected chi connectivity index (χ1v) is 7.57. The number of hydrogen-bond donors (Lipinski definition) is 0. The second-order valence-corrected chi connectivity index (χ2v) is 5.12. The fourth-order valence-electron chi connectivity index (χ4n) is 2.31. The van der Waals surface area contributed by atoms with Gasteiger partial charge in [-0.15, -0.1) is 0 Å². The van der Waals surface area contributed by atoms with Crippen LogP contribution in [-0.2, 0) is 0 Å². The van der Waals surface area contributed by atoms with E-state index in [1.807, 2.05) is 48.5 Å². The van der Waals surface area contributed by atoms with Gasteiger partial charge in [0.1, 0.15) is 17.2 Å². The van der Waals surface area contributed by atoms with Crippen LogP contribution in [0.5, 0.6) is 17.2 Å². The smallest absolute Gasteiger partial charge is 0.119 e. The molecular formula is C19H21NO3. The molecule has 4 nitrogen and oxygen atoms in total. The maximum atomic E-state index is 9.37. The molecule has 0 saturated heterocycles. The zero-order chi connectivity index (χ0) is 16.5. The molecule has 2 aromatic rings. The topological polar surface area (TPSA) is 51.5 Å². The van der Waals surface area contributed by atoms with Crippen molar-refractivity contribution in [3.63, 3.8) is 0 Å². The molecule has 1 unspecified atom stereocenters. The van der Waals surface area contributed by atoms with E-state index in [0.717, 1.165) is 35.7 Å². The third-order valence-electron chi connectivity index (χ3n) is 3.62. The number of methoxy groups -OCH3 is 2. The Morgan fingerprint density at radius 1 is 0.957 bits per heavy atom. The van der Waals surface area contributed by atoms with Gasteiger partial charge in [-0.2, -0.15) is 5.26 Å². The first-order valence-electron chi connectivity index (χ1n) is 7.57. The van der Waals surface area contributed by atoms with Crippen molar-refractivity contribution >= 4 is 0 Å². The largest absolute Gasteiger partial charge is 0.497 e. The van der Waals surface area contributed by atoms with Crippen LogP contribution >= 0.6 is 0 Å². The van der Waals surface area contributed by atoms with E-state index in [9.17, 15) is 5.26 Å². The highest BCUT2D eigenvalue weighted by atomic mass is 16.5. The predicted octanol–water partition coefficient (Wildman–Crippen LogP) is 4.17. The highest BCUT2D eigenvalue weighted by Crippen LogP contribution is 2.24. The van der Waals surface area contributed by atoms with Gasteiger partial charge in [0.25, 0.3) is 0 Å². The molecule has 23 heavy (non-hydrogen) atoms. The first kappa shape index (κ1) is 16.7. The first-order chi connectivity index (χ1) is 11.3. The van der Waals surface area contributed by atoms with Crippen LogP contribution in [0.15, 0.2) is 48.5 Å². The SMILES string of the molecule is COc1ccc(OCCCC(C#N)c2cccc(OC)c2)cc1. The zero-order valence-corrected chi connectivity index (χ0v) is 13.5. The Labute approximate surface area is 137 Å². The molecule has 0 aliphatic rings. The molecule has 2 aromatic carbocycles. The summed E-state index contributed by atoms with van der Waals surface area (Å²) in [7, 11) is 3.26. The fraction of sp³-hybridized carbons (Fsp3) is 0.316. The maximum absolute atomic E-state index is 9.37. The fourth-order valence-corrected chi connectivity index (χ4v) is 2.31. The van der Waals surface area contributed by atoms with Gasteiger partial charge in [0, 0.05) is 0 Å². The quantitative estimate of drug-likeness (QED) is 0.687. The van der Waals surface area contributed by atoms with Crippen LogP contribution in [0.2, 0.25) is 0 Å². The lowest BCUT2D eigenvalue weighted by Crippen LogP contribution is -2.02. The van der Waals surface area contributed by atoms with E-state index in [0.29, 0.717) is 6.61 Å². The Kier molecular flexibility index (Phi) is 6.31. The molecule has 0 N–H and O–H groups in total. The summed E-state index contributed by atoms with van der Waals surface area (Å²) in [5.74, 6) is 2.24. The summed E-state index contributed by atoms with van der Waals surface area (Å²) < 4.78 is 16.0. The molecule has 0 saturated carbocycles. The third-order valence-corrected chi connectivity index (χ3v) is 3.62. The minimum absolute atomic E-state index is 0.149. The second kappa shape index (κ2) is 8.70. The lowest BCUT2D eigenvalue weighted by molar-refractivity contribution is 0.304. The highest BCUT2D eigenvalue weighted by molar-refractivity contribution is 5.33. The summed E-state index contributed by atoms with van der Waals surface area (Å²) in [5.41, 5.74) is 0.983. The molecule has 0 bridgehead atoms. The average molecular weight is 311 g/mol. The Bertz CT molecular complexity index is 646. The summed E-state index contributed by atoms with van der Waals surface area (Å²) in [6.07, 6.45) is 1.56. The minimum atomic E-state index is -0.149. The number of hydrogen-bond acceptors (Lipinski definition) is 4. The minimum Gasteiger partial charge on any atom is -0.497 e. The number of nitrogens with zero attached hydrogens (tertiary/aromatic N) is 1. The summed E-state index contributed by atoms with van der Waals surface area (Å²) >= 11 is 0. The van der Waals surface area contributed by atoms with Crippen LogP contribution < -0.4 is 14.2 Å². The summed E-state index contributed by atoms with van der Waals surface area (Å²) in [6, 6.07) is 17.5. The number of nitriles is 1. The van der Waals surface area contributed by atoms with Crippen molar-refractivity contribution in [1.29, 1.82) is 5.26 Å². The van der Waals surface area contributed by atoms with Crippen molar-refractivity contribution < 1.29 is 14.2 Å². The molecule has 0 radical (unpaired) electrons. The normalized spacial score (nSPS) is 11.3. The van der Waals surface area contributed by atoms with Gasteiger partial charge in [0.2, 0.25) is 0 Å². The van der Waals surface area contributed by atoms with Crippen LogP contribution in [0.25, 0.3) is 0 Å². The van der Waals surface area contributed by atoms with Crippen molar-refractivity contribution in [2.45, 2.75) is 18.8 Å². The van der Waals surface area contributed by atoms with Crippen LogP contribution in [0.1, 0.15) is 24.3 Å². The van der Waals surface area contributed by atoms with Crippen LogP contribution in [0, 0.1) is 11.3 Å². The van der Waals surface area contributed by atoms with E-state index in [1.54, 1.807) is 14.2 Å². The molecule has 0 aliphatic carbocycles. The van der Waals surface area contributed by atoms with Gasteiger partial charge >= 0.3 is 0 Å². The molecule has 120 valence electrons. The van der Waals surface area contributed by atoms with E-state index in [4.69, 9.17) is 14.2 Å². The highest BCUT2D eigenvalue weighted by Gasteiger charge is 2.11. The zero-order valence-electron chi connectivity index (χ0n) is 13.5. The molecule has 2 rings (SSSR count). The lowest BCUT2D eigenvalue weighted by atomic mass is 9.96. The number of rotatable bonds is 8. The van der Waals surface area contributed by atoms with Gasteiger partial charge in [0.15, 0.2) is 0 Å². The van der Waals surface area contributed by atoms with Gasteiger partial charge in [-0.1, -0.05) is 12.1 Å². The van der Waals surface area contributed by atoms with Crippen molar-refractivity contribution in [1.82, 2.24) is 0 Å². The molecule has 0 heterocycles. The monoisotopic (exact) mass is 311 g/mol. The van der Waals surface area contributed by atoms with E-state index >= 15 is 0 Å². The average Bonchev–Trinajstić information content (AvgIpc) is 2.62. The summed E-state index contributed by atoms with van der Waals surface area (Å²) in [6.45, 7) is 0.578. The van der Waals surface area contributed by atoms with Crippen LogP contribution in [-0.4, -0.2) is 20.8 Å². The molecule has 0 aromatic heterocycles. The van der Waals surface area contributed by atoms with E-state index in [2.05, 4.69) is 6.07 Å². The summed E-state index contributed by atoms with van der Waals surface area (Å²) in [4.78, 5) is 0. The third kappa shape index (κ3) is 4.93. The van der Waals surface area contributed by atoms with Crippen LogP contribution in [0.3, 0.4) is 0 Å². The number of benzene rings is 2. The Morgan fingerprint density at radius 2 is 1.65 bits per heavy atom. The molecule has 0 fully saturated rings. The Balaban J connectivity index is 1.82. The van der Waals surface area contributed by atoms with Crippen molar-refractivity contribution in [3.05, 3.63) is 54.1 Å². The number of ether oxygens (including phenoxy) is 3. The van der Waals surface area contributed by atoms with Gasteiger partial charge in [-0.3, -0.25) is 0 Å². The van der Waals surface area contributed by atoms with Gasteiger partial charge in [-0.25, -0.2) is 0 Å². The lowest BCUT2D eigenvalue weighted by Gasteiger charge is -2.11. The van der Waals surface area contributed by atoms with Gasteiger partial charge in [-0.05, 0) is 54.8 Å². The molecular weight excluding hydrogens is 290 g/mol. The molecule has 0 spiro atoms. The maximum Gasteiger partial charge on any atom is 0.119 e. The van der Waals surface area contributed by atoms with E-state index < -0.39 is 0 Å². The second-order valence-electron chi connectivity index (χ2n) is 5.12. The van der Waals surface area contributed by atoms with Gasteiger partial charge < -0.3 is 14.2 Å². The van der Waals surface area contributed by atoms with E-state index in [-0.39, 0.29) is 5.92 Å². The summed E-state index contributed by atoms with van der Waals surface area (Å²) in [5, 5.41) is 9.37. The van der Waals surface area contributed by atoms with E-state index in [1.165, 1.54) is 0 Å². The van der Waals surface area contributed by atoms with Gasteiger partial charge in [0.05, 0.1) is 32.8 Å². The van der Waals surface area contributed by atoms with Crippen molar-refractivity contribution in [3.8, 4) is 23.3 Å². The Morgan fingerprint density at radius 3 is 2.30 bits per heavy atom. The predicted molar refractivity (Wildman–Crippen MR) is 89.1 cm³/mol. The molecule has 0 aliphatic heterocycles. The van der Waals surface area contributed by atoms with Crippen molar-refractivity contribution in [2.75, 3.05) is 20.8 Å². The molecule has 4 heteroatoms. The molecule has 1 atom stereocenters. The molecule has 0 amide bonds. The Hall–Kier alpha value is -2.67. The standard InChI is InChI=1S/C19H21NO3/c1-21-17-8-10-18(11-9-17)23-12-4-6-16(14-20)15-5-3-7-19(13-15)22-2/h3,5,7-11,13,16H,4,6,12H2,1-2H3.